The Labute approximate surface area is 96.0 Å². The first kappa shape index (κ1) is 11.0. The third-order valence-electron chi connectivity index (χ3n) is 2.09. The monoisotopic (exact) mass is 235 g/mol. The summed E-state index contributed by atoms with van der Waals surface area (Å²) in [5.41, 5.74) is 0.306. The van der Waals surface area contributed by atoms with Gasteiger partial charge in [-0.05, 0) is 12.1 Å². The van der Waals surface area contributed by atoms with Gasteiger partial charge in [-0.15, -0.1) is 0 Å². The second-order valence-electron chi connectivity index (χ2n) is 3.24. The summed E-state index contributed by atoms with van der Waals surface area (Å²) in [4.78, 5) is 10.7. The Kier molecular flexibility index (Phi) is 2.95. The standard InChI is InChI=1S/C11H9NO5/c13-8-3-1-2-4-9(8)16-6-7-5-12-17-10(7)11(14)15/h1-5,13H,6H2,(H,14,15). The first-order valence-corrected chi connectivity index (χ1v) is 4.76. The van der Waals surface area contributed by atoms with Crippen LogP contribution in [0.4, 0.5) is 0 Å². The van der Waals surface area contributed by atoms with Crippen molar-refractivity contribution in [2.24, 2.45) is 0 Å². The van der Waals surface area contributed by atoms with E-state index in [4.69, 9.17) is 9.84 Å². The van der Waals surface area contributed by atoms with E-state index in [1.54, 1.807) is 18.2 Å². The lowest BCUT2D eigenvalue weighted by molar-refractivity contribution is 0.0648. The van der Waals surface area contributed by atoms with E-state index in [1.165, 1.54) is 12.3 Å². The van der Waals surface area contributed by atoms with Crippen molar-refractivity contribution >= 4 is 5.97 Å². The summed E-state index contributed by atoms with van der Waals surface area (Å²) in [5, 5.41) is 21.6. The molecule has 6 heteroatoms. The maximum absolute atomic E-state index is 10.7. The van der Waals surface area contributed by atoms with Crippen molar-refractivity contribution in [1.29, 1.82) is 0 Å². The van der Waals surface area contributed by atoms with Gasteiger partial charge in [-0.1, -0.05) is 17.3 Å². The topological polar surface area (TPSA) is 92.8 Å². The lowest BCUT2D eigenvalue weighted by Gasteiger charge is -2.06. The predicted octanol–water partition coefficient (Wildman–Crippen LogP) is 1.66. The van der Waals surface area contributed by atoms with Gasteiger partial charge >= 0.3 is 5.97 Å². The fraction of sp³-hybridized carbons (Fsp3) is 0.0909. The molecule has 1 aromatic heterocycles. The first-order valence-electron chi connectivity index (χ1n) is 4.76. The number of hydrogen-bond donors (Lipinski definition) is 2. The molecular formula is C11H9NO5. The van der Waals surface area contributed by atoms with Gasteiger partial charge in [-0.3, -0.25) is 0 Å². The molecule has 0 saturated heterocycles. The number of carbonyl (C=O) groups is 1. The minimum atomic E-state index is -1.21. The largest absolute Gasteiger partial charge is 0.504 e. The normalized spacial score (nSPS) is 10.1. The highest BCUT2D eigenvalue weighted by Gasteiger charge is 2.16. The molecule has 2 N–H and O–H groups in total. The van der Waals surface area contributed by atoms with Crippen molar-refractivity contribution in [2.45, 2.75) is 6.61 Å². The number of phenols is 1. The second kappa shape index (κ2) is 4.56. The van der Waals surface area contributed by atoms with Crippen LogP contribution in [0.3, 0.4) is 0 Å². The van der Waals surface area contributed by atoms with Crippen molar-refractivity contribution in [1.82, 2.24) is 5.16 Å². The van der Waals surface area contributed by atoms with E-state index >= 15 is 0 Å². The molecule has 1 heterocycles. The van der Waals surface area contributed by atoms with Crippen molar-refractivity contribution in [3.05, 3.63) is 41.8 Å². The number of carboxylic acid groups (broad SMARTS) is 1. The van der Waals surface area contributed by atoms with Gasteiger partial charge in [0.05, 0.1) is 11.8 Å². The number of rotatable bonds is 4. The Morgan fingerprint density at radius 3 is 2.88 bits per heavy atom. The van der Waals surface area contributed by atoms with Crippen molar-refractivity contribution in [3.8, 4) is 11.5 Å². The fourth-order valence-corrected chi connectivity index (χ4v) is 1.27. The smallest absolute Gasteiger partial charge is 0.375 e. The van der Waals surface area contributed by atoms with Gasteiger partial charge in [0.15, 0.2) is 11.5 Å². The van der Waals surface area contributed by atoms with E-state index in [0.29, 0.717) is 5.56 Å². The van der Waals surface area contributed by atoms with E-state index in [2.05, 4.69) is 9.68 Å². The van der Waals surface area contributed by atoms with Crippen LogP contribution in [-0.4, -0.2) is 21.3 Å². The van der Waals surface area contributed by atoms with Crippen LogP contribution in [0.5, 0.6) is 11.5 Å². The van der Waals surface area contributed by atoms with Crippen LogP contribution in [0.15, 0.2) is 35.0 Å². The third-order valence-corrected chi connectivity index (χ3v) is 2.09. The van der Waals surface area contributed by atoms with E-state index in [9.17, 15) is 9.90 Å². The minimum absolute atomic E-state index is 0.0131. The Balaban J connectivity index is 2.10. The van der Waals surface area contributed by atoms with Gasteiger partial charge < -0.3 is 19.5 Å². The Morgan fingerprint density at radius 2 is 2.18 bits per heavy atom. The molecule has 6 nitrogen and oxygen atoms in total. The molecule has 0 unspecified atom stereocenters. The highest BCUT2D eigenvalue weighted by atomic mass is 16.5. The molecule has 17 heavy (non-hydrogen) atoms. The van der Waals surface area contributed by atoms with Crippen LogP contribution in [0, 0.1) is 0 Å². The molecular weight excluding hydrogens is 226 g/mol. The number of nitrogens with zero attached hydrogens (tertiary/aromatic N) is 1. The van der Waals surface area contributed by atoms with Crippen molar-refractivity contribution in [2.75, 3.05) is 0 Å². The number of phenolic OH excluding ortho intramolecular Hbond substituents is 1. The zero-order chi connectivity index (χ0) is 12.3. The highest BCUT2D eigenvalue weighted by Crippen LogP contribution is 2.25. The summed E-state index contributed by atoms with van der Waals surface area (Å²) in [5.74, 6) is -1.22. The average molecular weight is 235 g/mol. The van der Waals surface area contributed by atoms with E-state index < -0.39 is 5.97 Å². The highest BCUT2D eigenvalue weighted by molar-refractivity contribution is 5.85. The number of ether oxygens (including phenoxy) is 1. The number of aromatic nitrogens is 1. The third kappa shape index (κ3) is 2.36. The maximum Gasteiger partial charge on any atom is 0.375 e. The lowest BCUT2D eigenvalue weighted by atomic mass is 10.3. The van der Waals surface area contributed by atoms with E-state index in [-0.39, 0.29) is 23.9 Å². The quantitative estimate of drug-likeness (QED) is 0.837. The maximum atomic E-state index is 10.7. The summed E-state index contributed by atoms with van der Waals surface area (Å²) in [6, 6.07) is 6.40. The summed E-state index contributed by atoms with van der Waals surface area (Å²) in [6.07, 6.45) is 1.27. The summed E-state index contributed by atoms with van der Waals surface area (Å²) < 4.78 is 9.81. The summed E-state index contributed by atoms with van der Waals surface area (Å²) >= 11 is 0. The molecule has 88 valence electrons. The van der Waals surface area contributed by atoms with Crippen LogP contribution in [0.25, 0.3) is 0 Å². The zero-order valence-electron chi connectivity index (χ0n) is 8.66. The van der Waals surface area contributed by atoms with Crippen LogP contribution in [0.2, 0.25) is 0 Å². The molecule has 0 spiro atoms. The van der Waals surface area contributed by atoms with Crippen LogP contribution in [0.1, 0.15) is 16.1 Å². The van der Waals surface area contributed by atoms with Gasteiger partial charge in [0, 0.05) is 0 Å². The molecule has 0 radical (unpaired) electrons. The van der Waals surface area contributed by atoms with Crippen molar-refractivity contribution < 1.29 is 24.3 Å². The van der Waals surface area contributed by atoms with Crippen LogP contribution < -0.4 is 4.74 Å². The predicted molar refractivity (Wildman–Crippen MR) is 55.9 cm³/mol. The van der Waals surface area contributed by atoms with Crippen molar-refractivity contribution in [3.63, 3.8) is 0 Å². The van der Waals surface area contributed by atoms with Crippen LogP contribution in [-0.2, 0) is 6.61 Å². The average Bonchev–Trinajstić information content (AvgIpc) is 2.76. The molecule has 0 amide bonds. The van der Waals surface area contributed by atoms with E-state index in [0.717, 1.165) is 0 Å². The second-order valence-corrected chi connectivity index (χ2v) is 3.24. The molecule has 2 aromatic rings. The fourth-order valence-electron chi connectivity index (χ4n) is 1.27. The molecule has 0 fully saturated rings. The molecule has 0 saturated carbocycles. The molecule has 0 atom stereocenters. The summed E-state index contributed by atoms with van der Waals surface area (Å²) in [6.45, 7) is -0.0390. The Hall–Kier alpha value is -2.50. The van der Waals surface area contributed by atoms with Crippen LogP contribution >= 0.6 is 0 Å². The number of para-hydroxylation sites is 2. The van der Waals surface area contributed by atoms with E-state index in [1.807, 2.05) is 0 Å². The molecule has 0 aliphatic rings. The molecule has 0 aliphatic heterocycles. The van der Waals surface area contributed by atoms with Gasteiger partial charge in [0.1, 0.15) is 6.61 Å². The Bertz CT molecular complexity index is 534. The number of hydrogen-bond acceptors (Lipinski definition) is 5. The molecule has 0 aliphatic carbocycles. The van der Waals surface area contributed by atoms with Gasteiger partial charge in [-0.2, -0.15) is 0 Å². The number of benzene rings is 1. The zero-order valence-corrected chi connectivity index (χ0v) is 8.66. The first-order chi connectivity index (χ1) is 8.18. The summed E-state index contributed by atoms with van der Waals surface area (Å²) in [7, 11) is 0. The Morgan fingerprint density at radius 1 is 1.41 bits per heavy atom. The SMILES string of the molecule is O=C(O)c1oncc1COc1ccccc1O. The number of carboxylic acids is 1. The number of aromatic hydroxyl groups is 1. The van der Waals surface area contributed by atoms with Gasteiger partial charge in [-0.25, -0.2) is 4.79 Å². The lowest BCUT2D eigenvalue weighted by Crippen LogP contribution is -2.02. The van der Waals surface area contributed by atoms with Gasteiger partial charge in [0.2, 0.25) is 0 Å². The molecule has 0 bridgehead atoms. The number of aromatic carboxylic acids is 1. The molecule has 1 aromatic carbocycles. The minimum Gasteiger partial charge on any atom is -0.504 e. The molecule has 2 rings (SSSR count). The van der Waals surface area contributed by atoms with Gasteiger partial charge in [0.25, 0.3) is 5.76 Å².